The molecule has 2 amide bonds. The van der Waals surface area contributed by atoms with Gasteiger partial charge in [0.15, 0.2) is 0 Å². The molecule has 0 spiro atoms. The van der Waals surface area contributed by atoms with Crippen LogP contribution in [-0.2, 0) is 9.59 Å². The highest BCUT2D eigenvalue weighted by molar-refractivity contribution is 5.79. The molecule has 4 nitrogen and oxygen atoms in total. The molecular weight excluding hydrogens is 300 g/mol. The molecule has 3 rings (SSSR count). The first-order chi connectivity index (χ1) is 11.7. The van der Waals surface area contributed by atoms with Gasteiger partial charge in [0, 0.05) is 23.9 Å². The number of carbonyl (C=O) groups excluding carboxylic acids is 2. The van der Waals surface area contributed by atoms with Gasteiger partial charge in [-0.2, -0.15) is 0 Å². The van der Waals surface area contributed by atoms with Crippen molar-refractivity contribution in [2.45, 2.75) is 102 Å². The standard InChI is InChI=1S/C20H34N2O2/c23-19(15-7-3-1-4-8-15)21-17-11-13-18(14-12-17)22-20(24)16-9-5-2-6-10-16/h15-18H,1-14H2,(H,21,23)(H,22,24). The zero-order valence-corrected chi connectivity index (χ0v) is 15.0. The van der Waals surface area contributed by atoms with Crippen LogP contribution in [0.1, 0.15) is 89.9 Å². The number of amides is 2. The Balaban J connectivity index is 1.36. The quantitative estimate of drug-likeness (QED) is 0.824. The molecule has 3 fully saturated rings. The maximum absolute atomic E-state index is 12.4. The fourth-order valence-electron chi connectivity index (χ4n) is 4.75. The summed E-state index contributed by atoms with van der Waals surface area (Å²) in [5.41, 5.74) is 0. The van der Waals surface area contributed by atoms with E-state index < -0.39 is 0 Å². The van der Waals surface area contributed by atoms with E-state index in [1.807, 2.05) is 0 Å². The highest BCUT2D eigenvalue weighted by Gasteiger charge is 2.28. The number of hydrogen-bond acceptors (Lipinski definition) is 2. The molecule has 0 aliphatic heterocycles. The zero-order valence-electron chi connectivity index (χ0n) is 15.0. The van der Waals surface area contributed by atoms with E-state index in [0.717, 1.165) is 51.4 Å². The van der Waals surface area contributed by atoms with Crippen LogP contribution in [0, 0.1) is 11.8 Å². The lowest BCUT2D eigenvalue weighted by Gasteiger charge is -2.32. The fourth-order valence-corrected chi connectivity index (χ4v) is 4.75. The summed E-state index contributed by atoms with van der Waals surface area (Å²) in [5.74, 6) is 1.07. The van der Waals surface area contributed by atoms with E-state index in [2.05, 4.69) is 10.6 Å². The summed E-state index contributed by atoms with van der Waals surface area (Å²) in [6.07, 6.45) is 15.7. The van der Waals surface area contributed by atoms with Crippen molar-refractivity contribution in [3.8, 4) is 0 Å². The summed E-state index contributed by atoms with van der Waals surface area (Å²) in [7, 11) is 0. The van der Waals surface area contributed by atoms with Crippen molar-refractivity contribution in [2.24, 2.45) is 11.8 Å². The number of nitrogens with one attached hydrogen (secondary N) is 2. The van der Waals surface area contributed by atoms with Crippen molar-refractivity contribution in [1.29, 1.82) is 0 Å². The highest BCUT2D eigenvalue weighted by Crippen LogP contribution is 2.27. The van der Waals surface area contributed by atoms with Gasteiger partial charge in [-0.25, -0.2) is 0 Å². The second-order valence-electron chi connectivity index (χ2n) is 8.24. The molecule has 2 N–H and O–H groups in total. The molecule has 4 heteroatoms. The monoisotopic (exact) mass is 334 g/mol. The largest absolute Gasteiger partial charge is 0.353 e. The van der Waals surface area contributed by atoms with E-state index in [-0.39, 0.29) is 23.7 Å². The normalized spacial score (nSPS) is 29.8. The van der Waals surface area contributed by atoms with Crippen LogP contribution in [0.2, 0.25) is 0 Å². The minimum Gasteiger partial charge on any atom is -0.353 e. The molecule has 3 aliphatic carbocycles. The molecule has 0 radical (unpaired) electrons. The van der Waals surface area contributed by atoms with Crippen LogP contribution in [0.4, 0.5) is 0 Å². The lowest BCUT2D eigenvalue weighted by Crippen LogP contribution is -2.46. The molecule has 136 valence electrons. The van der Waals surface area contributed by atoms with Gasteiger partial charge >= 0.3 is 0 Å². The van der Waals surface area contributed by atoms with Crippen molar-refractivity contribution >= 4 is 11.8 Å². The Bertz CT molecular complexity index is 377. The van der Waals surface area contributed by atoms with Crippen LogP contribution in [0.5, 0.6) is 0 Å². The first-order valence-corrected chi connectivity index (χ1v) is 10.3. The number of carbonyl (C=O) groups is 2. The van der Waals surface area contributed by atoms with Crippen molar-refractivity contribution in [3.63, 3.8) is 0 Å². The third-order valence-corrected chi connectivity index (χ3v) is 6.37. The summed E-state index contributed by atoms with van der Waals surface area (Å²) >= 11 is 0. The Labute approximate surface area is 146 Å². The SMILES string of the molecule is O=C(NC1CCC(NC(=O)C2CCCCC2)CC1)C1CCCCC1. The Kier molecular flexibility index (Phi) is 6.56. The van der Waals surface area contributed by atoms with Gasteiger partial charge in [-0.15, -0.1) is 0 Å². The van der Waals surface area contributed by atoms with Crippen molar-refractivity contribution in [2.75, 3.05) is 0 Å². The van der Waals surface area contributed by atoms with Gasteiger partial charge in [-0.1, -0.05) is 38.5 Å². The molecule has 0 aromatic heterocycles. The molecule has 0 aromatic carbocycles. The first-order valence-electron chi connectivity index (χ1n) is 10.3. The maximum Gasteiger partial charge on any atom is 0.223 e. The zero-order chi connectivity index (χ0) is 16.8. The molecule has 0 unspecified atom stereocenters. The van der Waals surface area contributed by atoms with E-state index in [9.17, 15) is 9.59 Å². The van der Waals surface area contributed by atoms with E-state index >= 15 is 0 Å². The molecule has 3 aliphatic rings. The highest BCUT2D eigenvalue weighted by atomic mass is 16.2. The van der Waals surface area contributed by atoms with Gasteiger partial charge in [-0.3, -0.25) is 9.59 Å². The molecule has 0 aromatic rings. The summed E-state index contributed by atoms with van der Waals surface area (Å²) in [6.45, 7) is 0. The molecular formula is C20H34N2O2. The Morgan fingerprint density at radius 3 is 1.17 bits per heavy atom. The topological polar surface area (TPSA) is 58.2 Å². The summed E-state index contributed by atoms with van der Waals surface area (Å²) in [5, 5.41) is 6.55. The smallest absolute Gasteiger partial charge is 0.223 e. The fraction of sp³-hybridized carbons (Fsp3) is 0.900. The Morgan fingerprint density at radius 2 is 0.833 bits per heavy atom. The second kappa shape index (κ2) is 8.87. The third kappa shape index (κ3) is 4.97. The third-order valence-electron chi connectivity index (χ3n) is 6.37. The first kappa shape index (κ1) is 17.8. The Hall–Kier alpha value is -1.06. The molecule has 24 heavy (non-hydrogen) atoms. The van der Waals surface area contributed by atoms with Gasteiger partial charge in [0.05, 0.1) is 0 Å². The van der Waals surface area contributed by atoms with E-state index in [4.69, 9.17) is 0 Å². The lowest BCUT2D eigenvalue weighted by atomic mass is 9.86. The van der Waals surface area contributed by atoms with Crippen LogP contribution < -0.4 is 10.6 Å². The average molecular weight is 335 g/mol. The second-order valence-corrected chi connectivity index (χ2v) is 8.24. The van der Waals surface area contributed by atoms with Gasteiger partial charge in [-0.05, 0) is 51.4 Å². The summed E-state index contributed by atoms with van der Waals surface area (Å²) < 4.78 is 0. The molecule has 0 atom stereocenters. The van der Waals surface area contributed by atoms with Crippen LogP contribution in [0.25, 0.3) is 0 Å². The summed E-state index contributed by atoms with van der Waals surface area (Å²) in [6, 6.07) is 0.643. The molecule has 3 saturated carbocycles. The minimum absolute atomic E-state index is 0.252. The van der Waals surface area contributed by atoms with Crippen LogP contribution >= 0.6 is 0 Å². The summed E-state index contributed by atoms with van der Waals surface area (Å²) in [4.78, 5) is 24.7. The molecule has 0 heterocycles. The van der Waals surface area contributed by atoms with Crippen molar-refractivity contribution in [3.05, 3.63) is 0 Å². The average Bonchev–Trinajstić information content (AvgIpc) is 2.65. The number of hydrogen-bond donors (Lipinski definition) is 2. The predicted octanol–water partition coefficient (Wildman–Crippen LogP) is 3.69. The maximum atomic E-state index is 12.4. The van der Waals surface area contributed by atoms with E-state index in [1.54, 1.807) is 0 Å². The van der Waals surface area contributed by atoms with Gasteiger partial charge in [0.2, 0.25) is 11.8 Å². The van der Waals surface area contributed by atoms with E-state index in [0.29, 0.717) is 12.1 Å². The van der Waals surface area contributed by atoms with Gasteiger partial charge in [0.25, 0.3) is 0 Å². The predicted molar refractivity (Wildman–Crippen MR) is 95.5 cm³/mol. The van der Waals surface area contributed by atoms with Crippen LogP contribution in [-0.4, -0.2) is 23.9 Å². The van der Waals surface area contributed by atoms with Gasteiger partial charge < -0.3 is 10.6 Å². The van der Waals surface area contributed by atoms with Crippen molar-refractivity contribution in [1.82, 2.24) is 10.6 Å². The number of rotatable bonds is 4. The van der Waals surface area contributed by atoms with Crippen LogP contribution in [0.3, 0.4) is 0 Å². The van der Waals surface area contributed by atoms with Crippen molar-refractivity contribution < 1.29 is 9.59 Å². The van der Waals surface area contributed by atoms with Crippen LogP contribution in [0.15, 0.2) is 0 Å². The molecule has 0 bridgehead atoms. The minimum atomic E-state index is 0.252. The molecule has 0 saturated heterocycles. The Morgan fingerprint density at radius 1 is 0.500 bits per heavy atom. The lowest BCUT2D eigenvalue weighted by molar-refractivity contribution is -0.128. The van der Waals surface area contributed by atoms with Gasteiger partial charge in [0.1, 0.15) is 0 Å². The van der Waals surface area contributed by atoms with E-state index in [1.165, 1.54) is 38.5 Å².